The average Bonchev–Trinajstić information content (AvgIpc) is 2.60. The second-order valence-electron chi connectivity index (χ2n) is 6.44. The molecule has 3 N–H and O–H groups in total. The number of nitrogen functional groups attached to an aromatic ring is 1. The van der Waals surface area contributed by atoms with Gasteiger partial charge in [-0.25, -0.2) is 0 Å². The average molecular weight is 322 g/mol. The van der Waals surface area contributed by atoms with E-state index in [1.807, 2.05) is 12.1 Å². The highest BCUT2D eigenvalue weighted by Gasteiger charge is 2.02. The smallest absolute Gasteiger partial charge is 0.0343 e. The van der Waals surface area contributed by atoms with Gasteiger partial charge < -0.3 is 11.1 Å². The zero-order chi connectivity index (χ0) is 17.4. The molecule has 0 aliphatic heterocycles. The molecular weight excluding hydrogens is 292 g/mol. The highest BCUT2D eigenvalue weighted by Crippen LogP contribution is 2.20. The Bertz CT molecular complexity index is 674. The Morgan fingerprint density at radius 1 is 1.08 bits per heavy atom. The number of benzene rings is 2. The Morgan fingerprint density at radius 3 is 2.62 bits per heavy atom. The summed E-state index contributed by atoms with van der Waals surface area (Å²) in [5.41, 5.74) is 13.1. The highest BCUT2D eigenvalue weighted by atomic mass is 14.9. The van der Waals surface area contributed by atoms with E-state index in [1.54, 1.807) is 0 Å². The minimum Gasteiger partial charge on any atom is -0.399 e. The van der Waals surface area contributed by atoms with Crippen molar-refractivity contribution in [3.05, 3.63) is 65.2 Å². The number of aryl methyl sites for hydroxylation is 3. The monoisotopic (exact) mass is 322 g/mol. The molecule has 2 aromatic carbocycles. The molecule has 0 atom stereocenters. The molecule has 0 spiro atoms. The van der Waals surface area contributed by atoms with E-state index in [0.717, 1.165) is 31.5 Å². The van der Waals surface area contributed by atoms with Gasteiger partial charge in [-0.15, -0.1) is 0 Å². The minimum absolute atomic E-state index is 0.874. The van der Waals surface area contributed by atoms with Gasteiger partial charge in [-0.3, -0.25) is 0 Å². The van der Waals surface area contributed by atoms with Crippen molar-refractivity contribution in [2.75, 3.05) is 17.6 Å². The Balaban J connectivity index is 1.87. The molecule has 0 aliphatic rings. The summed E-state index contributed by atoms with van der Waals surface area (Å²) in [6.07, 6.45) is 7.70. The van der Waals surface area contributed by atoms with E-state index in [-0.39, 0.29) is 0 Å². The lowest BCUT2D eigenvalue weighted by molar-refractivity contribution is 0.794. The molecule has 0 unspecified atom stereocenters. The lowest BCUT2D eigenvalue weighted by Crippen LogP contribution is -2.04. The van der Waals surface area contributed by atoms with Crippen LogP contribution in [0.25, 0.3) is 6.08 Å². The second-order valence-corrected chi connectivity index (χ2v) is 6.44. The van der Waals surface area contributed by atoms with Crippen molar-refractivity contribution in [3.63, 3.8) is 0 Å². The van der Waals surface area contributed by atoms with E-state index < -0.39 is 0 Å². The summed E-state index contributed by atoms with van der Waals surface area (Å²) >= 11 is 0. The number of hydrogen-bond acceptors (Lipinski definition) is 2. The first kappa shape index (κ1) is 18.1. The van der Waals surface area contributed by atoms with Gasteiger partial charge in [0.15, 0.2) is 0 Å². The van der Waals surface area contributed by atoms with Gasteiger partial charge in [-0.05, 0) is 73.1 Å². The van der Waals surface area contributed by atoms with E-state index in [9.17, 15) is 0 Å². The summed E-state index contributed by atoms with van der Waals surface area (Å²) in [7, 11) is 0. The molecule has 24 heavy (non-hydrogen) atoms. The van der Waals surface area contributed by atoms with Crippen LogP contribution < -0.4 is 11.1 Å². The fraction of sp³-hybridized carbons (Fsp3) is 0.364. The first-order valence-corrected chi connectivity index (χ1v) is 8.98. The van der Waals surface area contributed by atoms with Crippen molar-refractivity contribution < 1.29 is 0 Å². The number of nitrogens with two attached hydrogens (primary N) is 1. The SMILES string of the molecule is C=Cc1ccc(NCCCc2ccc(N)c(C)c2)cc1CCCC. The first-order chi connectivity index (χ1) is 11.6. The van der Waals surface area contributed by atoms with E-state index >= 15 is 0 Å². The second kappa shape index (κ2) is 9.17. The summed E-state index contributed by atoms with van der Waals surface area (Å²) in [5, 5.41) is 3.55. The highest BCUT2D eigenvalue weighted by molar-refractivity contribution is 5.58. The molecule has 2 rings (SSSR count). The van der Waals surface area contributed by atoms with Crippen molar-refractivity contribution in [2.45, 2.75) is 46.0 Å². The van der Waals surface area contributed by atoms with Crippen LogP contribution in [0.5, 0.6) is 0 Å². The lowest BCUT2D eigenvalue weighted by Gasteiger charge is -2.11. The molecule has 2 aromatic rings. The van der Waals surface area contributed by atoms with Crippen molar-refractivity contribution in [2.24, 2.45) is 0 Å². The topological polar surface area (TPSA) is 38.0 Å². The molecule has 0 fully saturated rings. The van der Waals surface area contributed by atoms with Gasteiger partial charge in [-0.2, -0.15) is 0 Å². The number of nitrogens with one attached hydrogen (secondary N) is 1. The molecule has 0 saturated heterocycles. The van der Waals surface area contributed by atoms with E-state index in [2.05, 4.69) is 56.1 Å². The maximum absolute atomic E-state index is 5.87. The zero-order valence-electron chi connectivity index (χ0n) is 15.1. The van der Waals surface area contributed by atoms with Gasteiger partial charge in [0.1, 0.15) is 0 Å². The van der Waals surface area contributed by atoms with Crippen molar-refractivity contribution in [3.8, 4) is 0 Å². The van der Waals surface area contributed by atoms with Gasteiger partial charge in [0.05, 0.1) is 0 Å². The third kappa shape index (κ3) is 5.16. The first-order valence-electron chi connectivity index (χ1n) is 8.98. The summed E-state index contributed by atoms with van der Waals surface area (Å²) in [6.45, 7) is 9.19. The molecule has 0 bridgehead atoms. The van der Waals surface area contributed by atoms with Crippen LogP contribution in [0.4, 0.5) is 11.4 Å². The van der Waals surface area contributed by atoms with E-state index in [1.165, 1.54) is 40.8 Å². The van der Waals surface area contributed by atoms with Crippen LogP contribution in [0.2, 0.25) is 0 Å². The fourth-order valence-corrected chi connectivity index (χ4v) is 2.92. The van der Waals surface area contributed by atoms with Crippen LogP contribution in [0.3, 0.4) is 0 Å². The predicted molar refractivity (Wildman–Crippen MR) is 108 cm³/mol. The van der Waals surface area contributed by atoms with Crippen molar-refractivity contribution in [1.82, 2.24) is 0 Å². The molecule has 0 amide bonds. The molecule has 128 valence electrons. The summed E-state index contributed by atoms with van der Waals surface area (Å²) in [4.78, 5) is 0. The van der Waals surface area contributed by atoms with Crippen molar-refractivity contribution in [1.29, 1.82) is 0 Å². The molecule has 2 nitrogen and oxygen atoms in total. The minimum atomic E-state index is 0.874. The van der Waals surface area contributed by atoms with E-state index in [4.69, 9.17) is 5.73 Å². The Kier molecular flexibility index (Phi) is 6.92. The van der Waals surface area contributed by atoms with Crippen LogP contribution in [0.1, 0.15) is 48.4 Å². The number of hydrogen-bond donors (Lipinski definition) is 2. The maximum atomic E-state index is 5.87. The quantitative estimate of drug-likeness (QED) is 0.465. The maximum Gasteiger partial charge on any atom is 0.0343 e. The predicted octanol–water partition coefficient (Wildman–Crippen LogP) is 5.61. The third-order valence-electron chi connectivity index (χ3n) is 4.47. The molecule has 0 aliphatic carbocycles. The summed E-state index contributed by atoms with van der Waals surface area (Å²) < 4.78 is 0. The van der Waals surface area contributed by atoms with Gasteiger partial charge in [-0.1, -0.05) is 44.2 Å². The fourth-order valence-electron chi connectivity index (χ4n) is 2.92. The molecule has 0 heterocycles. The Morgan fingerprint density at radius 2 is 1.92 bits per heavy atom. The van der Waals surface area contributed by atoms with Gasteiger partial charge in [0.25, 0.3) is 0 Å². The number of unbranched alkanes of at least 4 members (excludes halogenated alkanes) is 1. The van der Waals surface area contributed by atoms with Crippen LogP contribution in [-0.2, 0) is 12.8 Å². The van der Waals surface area contributed by atoms with E-state index in [0.29, 0.717) is 0 Å². The Labute approximate surface area is 146 Å². The molecular formula is C22H30N2. The Hall–Kier alpha value is -2.22. The van der Waals surface area contributed by atoms with Gasteiger partial charge in [0, 0.05) is 17.9 Å². The summed E-state index contributed by atoms with van der Waals surface area (Å²) in [6, 6.07) is 12.9. The lowest BCUT2D eigenvalue weighted by atomic mass is 10.0. The third-order valence-corrected chi connectivity index (χ3v) is 4.47. The van der Waals surface area contributed by atoms with Gasteiger partial charge >= 0.3 is 0 Å². The standard InChI is InChI=1S/C22H30N2/c1-4-6-9-20-16-21(12-11-19(20)5-2)24-14-7-8-18-10-13-22(23)17(3)15-18/h5,10-13,15-16,24H,2,4,6-9,14,23H2,1,3H3. The normalized spacial score (nSPS) is 10.6. The zero-order valence-corrected chi connectivity index (χ0v) is 15.1. The van der Waals surface area contributed by atoms with Crippen molar-refractivity contribution >= 4 is 17.5 Å². The molecule has 0 aromatic heterocycles. The summed E-state index contributed by atoms with van der Waals surface area (Å²) in [5.74, 6) is 0. The molecule has 0 saturated carbocycles. The molecule has 0 radical (unpaired) electrons. The number of anilines is 2. The van der Waals surface area contributed by atoms with Crippen LogP contribution >= 0.6 is 0 Å². The van der Waals surface area contributed by atoms with Crippen LogP contribution in [0, 0.1) is 6.92 Å². The van der Waals surface area contributed by atoms with Gasteiger partial charge in [0.2, 0.25) is 0 Å². The molecule has 2 heteroatoms. The van der Waals surface area contributed by atoms with Crippen LogP contribution in [-0.4, -0.2) is 6.54 Å². The largest absolute Gasteiger partial charge is 0.399 e. The van der Waals surface area contributed by atoms with Crippen LogP contribution in [0.15, 0.2) is 43.0 Å². The number of rotatable bonds is 9.